The van der Waals surface area contributed by atoms with Gasteiger partial charge in [-0.05, 0) is 180 Å². The van der Waals surface area contributed by atoms with Crippen molar-refractivity contribution in [3.63, 3.8) is 0 Å². The van der Waals surface area contributed by atoms with Crippen molar-refractivity contribution in [2.75, 3.05) is 0 Å². The zero-order valence-electron chi connectivity index (χ0n) is 65.4. The van der Waals surface area contributed by atoms with E-state index in [1.807, 2.05) is 218 Å². The summed E-state index contributed by atoms with van der Waals surface area (Å²) in [5, 5.41) is 0. The molecule has 8 aliphatic rings. The van der Waals surface area contributed by atoms with Crippen LogP contribution in [0.2, 0.25) is 0 Å². The van der Waals surface area contributed by atoms with E-state index in [0.717, 1.165) is 174 Å². The van der Waals surface area contributed by atoms with E-state index in [2.05, 4.69) is 27.7 Å². The third kappa shape index (κ3) is 19.6. The van der Waals surface area contributed by atoms with E-state index < -0.39 is 0 Å². The van der Waals surface area contributed by atoms with Crippen molar-refractivity contribution in [3.8, 4) is 115 Å². The van der Waals surface area contributed by atoms with E-state index >= 15 is 0 Å². The van der Waals surface area contributed by atoms with Gasteiger partial charge in [0.2, 0.25) is 0 Å². The molecule has 1 saturated carbocycles. The van der Waals surface area contributed by atoms with Crippen LogP contribution in [-0.4, -0.2) is 12.2 Å². The van der Waals surface area contributed by atoms with E-state index in [-0.39, 0.29) is 0 Å². The summed E-state index contributed by atoms with van der Waals surface area (Å²) in [7, 11) is 0. The van der Waals surface area contributed by atoms with Crippen LogP contribution in [-0.2, 0) is 0 Å². The summed E-state index contributed by atoms with van der Waals surface area (Å²) in [5.41, 5.74) is 0. The number of allylic oxidation sites excluding steroid dienone is 3. The van der Waals surface area contributed by atoms with Crippen LogP contribution < -0.4 is 66.3 Å². The number of aryl methyl sites for hydroxylation is 14. The highest BCUT2D eigenvalue weighted by atomic mass is 32.1. The first kappa shape index (κ1) is 82.6. The first-order valence-corrected chi connectivity index (χ1v) is 41.6. The Morgan fingerprint density at radius 3 is 0.714 bits per heavy atom. The molecule has 21 heteroatoms. The molecule has 18 rings (SSSR count). The Morgan fingerprint density at radius 1 is 0.267 bits per heavy atom. The molecule has 14 nitrogen and oxygen atoms in total. The van der Waals surface area contributed by atoms with E-state index in [1.165, 1.54) is 58.3 Å². The van der Waals surface area contributed by atoms with E-state index in [1.54, 1.807) is 98.1 Å². The summed E-state index contributed by atoms with van der Waals surface area (Å²) < 4.78 is 79.9. The maximum absolute atomic E-state index is 6.07. The van der Waals surface area contributed by atoms with E-state index in [4.69, 9.17) is 66.3 Å². The van der Waals surface area contributed by atoms with Gasteiger partial charge in [-0.2, -0.15) is 0 Å². The lowest BCUT2D eigenvalue weighted by atomic mass is 9.94. The molecule has 0 radical (unpaired) electrons. The summed E-state index contributed by atoms with van der Waals surface area (Å²) in [6.07, 6.45) is 11.5. The Morgan fingerprint density at radius 2 is 0.467 bits per heavy atom. The highest BCUT2D eigenvalue weighted by molar-refractivity contribution is 7.14. The van der Waals surface area contributed by atoms with Gasteiger partial charge in [0.15, 0.2) is 115 Å². The van der Waals surface area contributed by atoms with Crippen LogP contribution in [0, 0.1) is 96.9 Å². The van der Waals surface area contributed by atoms with Gasteiger partial charge in [-0.15, -0.1) is 79.4 Å². The van der Waals surface area contributed by atoms with Gasteiger partial charge < -0.3 is 66.3 Å². The molecule has 10 aromatic rings. The van der Waals surface area contributed by atoms with Crippen LogP contribution >= 0.6 is 79.4 Å². The predicted molar refractivity (Wildman–Crippen MR) is 439 cm³/mol. The molecule has 564 valence electrons. The predicted octanol–water partition coefficient (Wildman–Crippen LogP) is 29.7. The molecule has 0 saturated heterocycles. The molecular formula is C84H102O14S7. The lowest BCUT2D eigenvalue weighted by Gasteiger charge is -2.36. The number of hydrogen-bond acceptors (Lipinski definition) is 21. The number of hydrogen-bond donors (Lipinski definition) is 0. The SMILES string of the molecule is CC.CC.CC.CC1=C(C)Oc2c(C)sc(C)c2O1.CC1=COc2c(C)sc(C)c2O1.CCC.Cc1sc(C)c2c1OC1CCCCC1O2.Cc1sc(C)c2c1OC=CO2.Cc1sc(C)c2c1Oc1ccccc1O2.Cc1sc(C)c2c1Oc1ccccc1O2.Cc1sc(C)c2c1Oc1ccccc1O2. The lowest BCUT2D eigenvalue weighted by molar-refractivity contribution is -0.00594. The molecule has 14 heterocycles. The Balaban J connectivity index is 0.000000152. The maximum atomic E-state index is 6.07. The summed E-state index contributed by atoms with van der Waals surface area (Å²) >= 11 is 12.0. The number of para-hydroxylation sites is 6. The molecule has 3 aromatic carbocycles. The Bertz CT molecular complexity index is 4190. The lowest BCUT2D eigenvalue weighted by Crippen LogP contribution is -2.41. The largest absolute Gasteiger partial charge is 0.481 e. The molecule has 7 aromatic heterocycles. The van der Waals surface area contributed by atoms with Crippen LogP contribution in [0.15, 0.2) is 109 Å². The average Bonchev–Trinajstić information content (AvgIpc) is 1.65. The Labute approximate surface area is 650 Å². The number of ether oxygens (including phenoxy) is 14. The summed E-state index contributed by atoms with van der Waals surface area (Å²) in [4.78, 5) is 16.5. The van der Waals surface area contributed by atoms with Gasteiger partial charge in [0.1, 0.15) is 48.3 Å². The quantitative estimate of drug-likeness (QED) is 0.143. The molecule has 0 amide bonds. The van der Waals surface area contributed by atoms with Gasteiger partial charge in [0.05, 0.1) is 0 Å². The summed E-state index contributed by atoms with van der Waals surface area (Å²) in [6, 6.07) is 23.2. The monoisotopic (exact) mass is 1560 g/mol. The van der Waals surface area contributed by atoms with Crippen molar-refractivity contribution in [2.24, 2.45) is 0 Å². The number of thiophene rings is 7. The van der Waals surface area contributed by atoms with Gasteiger partial charge in [0.25, 0.3) is 0 Å². The highest BCUT2D eigenvalue weighted by Crippen LogP contribution is 2.56. The molecule has 1 aliphatic carbocycles. The third-order valence-electron chi connectivity index (χ3n) is 16.1. The average molecular weight is 1560 g/mol. The van der Waals surface area contributed by atoms with Gasteiger partial charge in [-0.1, -0.05) is 98.2 Å². The fourth-order valence-corrected chi connectivity index (χ4v) is 17.8. The van der Waals surface area contributed by atoms with Crippen molar-refractivity contribution in [2.45, 2.75) is 217 Å². The highest BCUT2D eigenvalue weighted by Gasteiger charge is 2.37. The summed E-state index contributed by atoms with van der Waals surface area (Å²) in [5.74, 6) is 19.9. The Hall–Kier alpha value is -8.02. The number of fused-ring (bicyclic) bond motifs is 11. The minimum atomic E-state index is 0.305. The minimum absolute atomic E-state index is 0.305. The zero-order chi connectivity index (χ0) is 76.5. The van der Waals surface area contributed by atoms with Crippen molar-refractivity contribution < 1.29 is 66.3 Å². The van der Waals surface area contributed by atoms with Gasteiger partial charge >= 0.3 is 0 Å². The zero-order valence-corrected chi connectivity index (χ0v) is 71.1. The van der Waals surface area contributed by atoms with Crippen LogP contribution in [0.5, 0.6) is 115 Å². The Kier molecular flexibility index (Phi) is 30.3. The fourth-order valence-electron chi connectivity index (χ4n) is 11.4. The second kappa shape index (κ2) is 38.5. The van der Waals surface area contributed by atoms with Crippen LogP contribution in [0.25, 0.3) is 0 Å². The number of benzene rings is 3. The van der Waals surface area contributed by atoms with Crippen LogP contribution in [0.3, 0.4) is 0 Å². The topological polar surface area (TPSA) is 129 Å². The van der Waals surface area contributed by atoms with Gasteiger partial charge in [0, 0.05) is 68.3 Å². The first-order valence-electron chi connectivity index (χ1n) is 35.9. The molecule has 7 aliphatic heterocycles. The molecule has 1 fully saturated rings. The molecule has 2 atom stereocenters. The van der Waals surface area contributed by atoms with E-state index in [9.17, 15) is 0 Å². The van der Waals surface area contributed by atoms with Crippen LogP contribution in [0.4, 0.5) is 0 Å². The second-order valence-corrected chi connectivity index (χ2v) is 34.1. The fraction of sp³-hybridized carbons (Fsp3) is 0.381. The van der Waals surface area contributed by atoms with Crippen molar-refractivity contribution in [1.29, 1.82) is 0 Å². The summed E-state index contributed by atoms with van der Waals surface area (Å²) in [6.45, 7) is 50.7. The standard InChI is InChI=1S/C12H16O2S.3C12H10O2S.C10H12O2S.C9H10O2S.C8H8O2S.C3H8.3C2H6/c4*1-7-11-12(8(2)15-7)14-10-6-4-3-5-9(10)13-11;1-5-6(2)12-10-8(4)13-7(3)9(10)11-5;1-5-4-10-8-6(2)12-7(3)9(8)11-5;1-5-7-8(6(2)11-5)10-4-3-9-7;1-3-2;3*1-2/h9-10H,3-6H2,1-2H3;3*3-6H,1-2H3;1-4H3;4H,1-3H3;3-4H,1-2H3;3H2,1-2H3;3*1-2H3. The molecular weight excluding hydrogens is 1460 g/mol. The normalized spacial score (nSPS) is 14.7. The smallest absolute Gasteiger partial charge is 0.184 e. The third-order valence-corrected chi connectivity index (χ3v) is 23.0. The van der Waals surface area contributed by atoms with Gasteiger partial charge in [-0.25, -0.2) is 0 Å². The second-order valence-electron chi connectivity index (χ2n) is 24.1. The van der Waals surface area contributed by atoms with Crippen LogP contribution in [0.1, 0.15) is 177 Å². The number of rotatable bonds is 0. The van der Waals surface area contributed by atoms with Gasteiger partial charge in [-0.3, -0.25) is 0 Å². The molecule has 0 spiro atoms. The molecule has 0 N–H and O–H groups in total. The van der Waals surface area contributed by atoms with E-state index in [0.29, 0.717) is 12.2 Å². The molecule has 2 unspecified atom stereocenters. The molecule has 0 bridgehead atoms. The maximum Gasteiger partial charge on any atom is 0.184 e. The van der Waals surface area contributed by atoms with Crippen molar-refractivity contribution in [1.82, 2.24) is 0 Å². The van der Waals surface area contributed by atoms with Crippen molar-refractivity contribution >= 4 is 79.4 Å². The van der Waals surface area contributed by atoms with Crippen molar-refractivity contribution in [3.05, 3.63) is 177 Å². The first-order chi connectivity index (χ1) is 50.5. The minimum Gasteiger partial charge on any atom is -0.481 e. The molecule has 105 heavy (non-hydrogen) atoms.